The zero-order valence-electron chi connectivity index (χ0n) is 23.1. The van der Waals surface area contributed by atoms with Crippen LogP contribution in [-0.2, 0) is 11.3 Å². The highest BCUT2D eigenvalue weighted by Crippen LogP contribution is 2.43. The molecule has 1 aromatic carbocycles. The molecule has 0 saturated carbocycles. The standard InChI is InChI=1S/C26H29F9N6O2/c1-14(37-20(42)6-8-24(27,28)29)15-4-5-16-17(12-15)39-21(38-16)18(13-23(2,3)26(33,34)35)40-22(43)19-7-10-36-41(19)11-9-25(30,31)32/h4-5,7,10,12,14,18H,6,8-9,11,13H2,1-3H3,(H,37,42)(H,38,39)(H,40,43)/t14-,18+/m1/s1. The number of alkyl halides is 9. The Hall–Kier alpha value is -3.79. The number of H-pyrrole nitrogens is 1. The van der Waals surface area contributed by atoms with Crippen molar-refractivity contribution in [1.29, 1.82) is 0 Å². The first-order valence-electron chi connectivity index (χ1n) is 13.0. The number of aryl methyl sites for hydroxylation is 1. The molecule has 17 heteroatoms. The fourth-order valence-corrected chi connectivity index (χ4v) is 4.14. The van der Waals surface area contributed by atoms with E-state index >= 15 is 0 Å². The van der Waals surface area contributed by atoms with E-state index in [0.29, 0.717) is 11.1 Å². The molecular weight excluding hydrogens is 599 g/mol. The second kappa shape index (κ2) is 12.4. The molecule has 0 radical (unpaired) electrons. The Labute approximate surface area is 239 Å². The zero-order chi connectivity index (χ0) is 32.4. The minimum Gasteiger partial charge on any atom is -0.350 e. The fraction of sp³-hybridized carbons (Fsp3) is 0.538. The molecule has 0 unspecified atom stereocenters. The summed E-state index contributed by atoms with van der Waals surface area (Å²) < 4.78 is 118. The smallest absolute Gasteiger partial charge is 0.350 e. The van der Waals surface area contributed by atoms with Gasteiger partial charge in [0.2, 0.25) is 5.91 Å². The Kier molecular flexibility index (Phi) is 9.75. The number of imidazole rings is 1. The number of aromatic amines is 1. The van der Waals surface area contributed by atoms with Crippen molar-refractivity contribution < 1.29 is 49.1 Å². The Bertz CT molecular complexity index is 1420. The van der Waals surface area contributed by atoms with Crippen LogP contribution in [0.1, 0.15) is 80.4 Å². The Morgan fingerprint density at radius 3 is 2.21 bits per heavy atom. The van der Waals surface area contributed by atoms with Gasteiger partial charge in [-0.25, -0.2) is 4.98 Å². The molecule has 8 nitrogen and oxygen atoms in total. The summed E-state index contributed by atoms with van der Waals surface area (Å²) in [5.41, 5.74) is -1.61. The lowest BCUT2D eigenvalue weighted by Crippen LogP contribution is -2.39. The Morgan fingerprint density at radius 1 is 0.953 bits per heavy atom. The molecule has 3 N–H and O–H groups in total. The molecule has 2 amide bonds. The highest BCUT2D eigenvalue weighted by molar-refractivity contribution is 5.92. The fourth-order valence-electron chi connectivity index (χ4n) is 4.14. The summed E-state index contributed by atoms with van der Waals surface area (Å²) in [4.78, 5) is 32.1. The van der Waals surface area contributed by atoms with Gasteiger partial charge in [0, 0.05) is 12.6 Å². The molecule has 43 heavy (non-hydrogen) atoms. The van der Waals surface area contributed by atoms with Crippen LogP contribution in [0.3, 0.4) is 0 Å². The molecule has 2 atom stereocenters. The van der Waals surface area contributed by atoms with Crippen LogP contribution in [-0.4, -0.2) is 50.1 Å². The van der Waals surface area contributed by atoms with E-state index in [1.54, 1.807) is 0 Å². The lowest BCUT2D eigenvalue weighted by atomic mass is 9.84. The lowest BCUT2D eigenvalue weighted by molar-refractivity contribution is -0.215. The average molecular weight is 629 g/mol. The summed E-state index contributed by atoms with van der Waals surface area (Å²) in [5.74, 6) is -1.89. The Balaban J connectivity index is 1.87. The number of carbonyl (C=O) groups excluding carboxylic acids is 2. The van der Waals surface area contributed by atoms with Crippen molar-refractivity contribution in [3.05, 3.63) is 47.5 Å². The van der Waals surface area contributed by atoms with Gasteiger partial charge in [-0.15, -0.1) is 0 Å². The third kappa shape index (κ3) is 9.35. The van der Waals surface area contributed by atoms with E-state index in [9.17, 15) is 49.1 Å². The first kappa shape index (κ1) is 33.7. The van der Waals surface area contributed by atoms with E-state index < -0.39 is 80.1 Å². The normalized spacial score (nSPS) is 14.5. The summed E-state index contributed by atoms with van der Waals surface area (Å²) in [6.45, 7) is 2.68. The van der Waals surface area contributed by atoms with Crippen molar-refractivity contribution in [2.45, 2.75) is 83.6 Å². The van der Waals surface area contributed by atoms with E-state index in [-0.39, 0.29) is 17.0 Å². The zero-order valence-corrected chi connectivity index (χ0v) is 23.1. The number of carbonyl (C=O) groups is 2. The average Bonchev–Trinajstić information content (AvgIpc) is 3.51. The number of hydrogen-bond acceptors (Lipinski definition) is 4. The molecule has 0 saturated heterocycles. The molecule has 3 aromatic rings. The third-order valence-electron chi connectivity index (χ3n) is 6.71. The third-order valence-corrected chi connectivity index (χ3v) is 6.71. The number of halogens is 9. The van der Waals surface area contributed by atoms with Gasteiger partial charge >= 0.3 is 18.5 Å². The van der Waals surface area contributed by atoms with E-state index in [4.69, 9.17) is 0 Å². The number of nitrogens with one attached hydrogen (secondary N) is 3. The SMILES string of the molecule is C[C@@H](NC(=O)CCC(F)(F)F)c1ccc2nc([C@H](CC(C)(C)C(F)(F)F)NC(=O)c3ccnn3CCC(F)(F)F)[nH]c2c1. The number of benzene rings is 1. The maximum atomic E-state index is 13.8. The van der Waals surface area contributed by atoms with Crippen molar-refractivity contribution in [3.63, 3.8) is 0 Å². The van der Waals surface area contributed by atoms with Gasteiger partial charge in [-0.05, 0) is 37.1 Å². The van der Waals surface area contributed by atoms with Gasteiger partial charge in [0.1, 0.15) is 11.5 Å². The minimum atomic E-state index is -4.69. The molecule has 0 aliphatic carbocycles. The summed E-state index contributed by atoms with van der Waals surface area (Å²) in [5, 5.41) is 8.58. The van der Waals surface area contributed by atoms with Crippen molar-refractivity contribution in [3.8, 4) is 0 Å². The number of nitrogens with zero attached hydrogens (tertiary/aromatic N) is 3. The molecular formula is C26H29F9N6O2. The number of amides is 2. The van der Waals surface area contributed by atoms with E-state index in [1.807, 2.05) is 0 Å². The largest absolute Gasteiger partial charge is 0.394 e. The number of hydrogen-bond donors (Lipinski definition) is 3. The van der Waals surface area contributed by atoms with Gasteiger partial charge < -0.3 is 15.6 Å². The quantitative estimate of drug-likeness (QED) is 0.206. The van der Waals surface area contributed by atoms with Crippen LogP contribution in [0.15, 0.2) is 30.5 Å². The number of rotatable bonds is 11. The first-order valence-corrected chi connectivity index (χ1v) is 13.0. The highest BCUT2D eigenvalue weighted by Gasteiger charge is 2.49. The molecule has 238 valence electrons. The highest BCUT2D eigenvalue weighted by atomic mass is 19.4. The van der Waals surface area contributed by atoms with Gasteiger partial charge in [-0.3, -0.25) is 14.3 Å². The van der Waals surface area contributed by atoms with E-state index in [0.717, 1.165) is 30.8 Å². The first-order chi connectivity index (χ1) is 19.6. The number of fused-ring (bicyclic) bond motifs is 1. The predicted octanol–water partition coefficient (Wildman–Crippen LogP) is 6.68. The van der Waals surface area contributed by atoms with Gasteiger partial charge in [0.05, 0.1) is 47.9 Å². The molecule has 0 aliphatic rings. The van der Waals surface area contributed by atoms with Gasteiger partial charge in [-0.1, -0.05) is 19.9 Å². The maximum absolute atomic E-state index is 13.8. The summed E-state index contributed by atoms with van der Waals surface area (Å²) >= 11 is 0. The van der Waals surface area contributed by atoms with Crippen molar-refractivity contribution in [2.24, 2.45) is 5.41 Å². The van der Waals surface area contributed by atoms with Crippen molar-refractivity contribution >= 4 is 22.8 Å². The second-order valence-corrected chi connectivity index (χ2v) is 10.7. The molecule has 0 aliphatic heterocycles. The molecule has 2 aromatic heterocycles. The van der Waals surface area contributed by atoms with Gasteiger partial charge in [-0.2, -0.15) is 44.6 Å². The van der Waals surface area contributed by atoms with E-state index in [2.05, 4.69) is 25.7 Å². The lowest BCUT2D eigenvalue weighted by Gasteiger charge is -2.31. The minimum absolute atomic E-state index is 0.0824. The van der Waals surface area contributed by atoms with Crippen LogP contribution >= 0.6 is 0 Å². The van der Waals surface area contributed by atoms with E-state index in [1.165, 1.54) is 25.1 Å². The van der Waals surface area contributed by atoms with Crippen LogP contribution in [0.2, 0.25) is 0 Å². The van der Waals surface area contributed by atoms with Gasteiger partial charge in [0.25, 0.3) is 5.91 Å². The molecule has 3 rings (SSSR count). The maximum Gasteiger partial charge on any atom is 0.394 e. The van der Waals surface area contributed by atoms with Crippen LogP contribution in [0.25, 0.3) is 11.0 Å². The molecule has 0 spiro atoms. The van der Waals surface area contributed by atoms with Crippen molar-refractivity contribution in [1.82, 2.24) is 30.4 Å². The molecule has 2 heterocycles. The van der Waals surface area contributed by atoms with Gasteiger partial charge in [0.15, 0.2) is 0 Å². The van der Waals surface area contributed by atoms with Crippen molar-refractivity contribution in [2.75, 3.05) is 0 Å². The van der Waals surface area contributed by atoms with Crippen LogP contribution < -0.4 is 10.6 Å². The van der Waals surface area contributed by atoms with Crippen LogP contribution in [0.5, 0.6) is 0 Å². The predicted molar refractivity (Wildman–Crippen MR) is 135 cm³/mol. The molecule has 0 fully saturated rings. The second-order valence-electron chi connectivity index (χ2n) is 10.7. The summed E-state index contributed by atoms with van der Waals surface area (Å²) in [6.07, 6.45) is -16.7. The summed E-state index contributed by atoms with van der Waals surface area (Å²) in [6, 6.07) is 3.52. The monoisotopic (exact) mass is 628 g/mol. The van der Waals surface area contributed by atoms with Crippen LogP contribution in [0, 0.1) is 5.41 Å². The van der Waals surface area contributed by atoms with Crippen LogP contribution in [0.4, 0.5) is 39.5 Å². The Morgan fingerprint density at radius 2 is 1.60 bits per heavy atom. The number of aromatic nitrogens is 4. The summed E-state index contributed by atoms with van der Waals surface area (Å²) in [7, 11) is 0. The molecule has 0 bridgehead atoms. The topological polar surface area (TPSA) is 105 Å².